The molecule has 110 valence electrons. The van der Waals surface area contributed by atoms with E-state index in [1.165, 1.54) is 0 Å². The molecule has 0 spiro atoms. The van der Waals surface area contributed by atoms with Gasteiger partial charge in [-0.3, -0.25) is 4.90 Å². The zero-order valence-corrected chi connectivity index (χ0v) is 12.2. The van der Waals surface area contributed by atoms with E-state index in [4.69, 9.17) is 9.47 Å². The van der Waals surface area contributed by atoms with E-state index in [-0.39, 0.29) is 6.10 Å². The van der Waals surface area contributed by atoms with Gasteiger partial charge in [0.05, 0.1) is 19.8 Å². The number of hydrogen-bond donors (Lipinski definition) is 2. The van der Waals surface area contributed by atoms with Gasteiger partial charge in [0.2, 0.25) is 0 Å². The number of ether oxygens (including phenoxy) is 2. The third-order valence-electron chi connectivity index (χ3n) is 3.74. The third kappa shape index (κ3) is 3.52. The minimum atomic E-state index is -1.47. The van der Waals surface area contributed by atoms with Crippen molar-refractivity contribution in [2.24, 2.45) is 0 Å². The van der Waals surface area contributed by atoms with Crippen LogP contribution in [0.2, 0.25) is 0 Å². The summed E-state index contributed by atoms with van der Waals surface area (Å²) in [6, 6.07) is 5.61. The third-order valence-corrected chi connectivity index (χ3v) is 3.74. The van der Waals surface area contributed by atoms with Crippen LogP contribution in [0.25, 0.3) is 0 Å². The van der Waals surface area contributed by atoms with Gasteiger partial charge >= 0.3 is 7.12 Å². The van der Waals surface area contributed by atoms with Crippen LogP contribution in [0.1, 0.15) is 19.4 Å². The Morgan fingerprint density at radius 2 is 2.15 bits per heavy atom. The second-order valence-corrected chi connectivity index (χ2v) is 5.36. The summed E-state index contributed by atoms with van der Waals surface area (Å²) in [5.41, 5.74) is 1.40. The maximum atomic E-state index is 9.49. The van der Waals surface area contributed by atoms with Crippen LogP contribution in [-0.4, -0.2) is 54.5 Å². The molecule has 2 atom stereocenters. The fourth-order valence-corrected chi connectivity index (χ4v) is 2.51. The zero-order valence-electron chi connectivity index (χ0n) is 12.2. The van der Waals surface area contributed by atoms with Gasteiger partial charge in [-0.1, -0.05) is 6.07 Å². The Balaban J connectivity index is 2.21. The second kappa shape index (κ2) is 6.58. The number of morpholine rings is 1. The van der Waals surface area contributed by atoms with E-state index in [0.717, 1.165) is 17.9 Å². The smallest absolute Gasteiger partial charge is 0.488 e. The van der Waals surface area contributed by atoms with Crippen LogP contribution in [0.3, 0.4) is 0 Å². The summed E-state index contributed by atoms with van der Waals surface area (Å²) in [6.07, 6.45) is 0.194. The predicted octanol–water partition coefficient (Wildman–Crippen LogP) is -0.0158. The Morgan fingerprint density at radius 3 is 2.80 bits per heavy atom. The van der Waals surface area contributed by atoms with E-state index in [1.807, 2.05) is 13.0 Å². The highest BCUT2D eigenvalue weighted by atomic mass is 16.5. The SMILES string of the molecule is COc1ccc(B(O)O)c(CN2CC(C)OCC2C)c1. The molecule has 1 aliphatic heterocycles. The van der Waals surface area contributed by atoms with Gasteiger partial charge in [-0.15, -0.1) is 0 Å². The molecule has 2 unspecified atom stereocenters. The lowest BCUT2D eigenvalue weighted by molar-refractivity contribution is -0.0526. The molecule has 1 aromatic carbocycles. The van der Waals surface area contributed by atoms with Crippen LogP contribution in [0.15, 0.2) is 18.2 Å². The number of hydrogen-bond acceptors (Lipinski definition) is 5. The molecule has 1 fully saturated rings. The van der Waals surface area contributed by atoms with Crippen LogP contribution in [-0.2, 0) is 11.3 Å². The molecule has 1 saturated heterocycles. The molecule has 1 aromatic rings. The Hall–Kier alpha value is -1.08. The molecular formula is C14H22BNO4. The topological polar surface area (TPSA) is 62.2 Å². The standard InChI is InChI=1S/C14H22BNO4/c1-10-9-20-11(2)7-16(10)8-12-6-13(19-3)4-5-14(12)15(17)18/h4-6,10-11,17-18H,7-9H2,1-3H3. The molecule has 1 heterocycles. The van der Waals surface area contributed by atoms with Gasteiger partial charge in [0.1, 0.15) is 5.75 Å². The van der Waals surface area contributed by atoms with Crippen molar-refractivity contribution in [3.05, 3.63) is 23.8 Å². The van der Waals surface area contributed by atoms with E-state index >= 15 is 0 Å². The van der Waals surface area contributed by atoms with E-state index in [9.17, 15) is 10.0 Å². The molecule has 1 aliphatic rings. The van der Waals surface area contributed by atoms with Crippen LogP contribution < -0.4 is 10.2 Å². The van der Waals surface area contributed by atoms with E-state index < -0.39 is 7.12 Å². The van der Waals surface area contributed by atoms with Crippen molar-refractivity contribution in [2.75, 3.05) is 20.3 Å². The second-order valence-electron chi connectivity index (χ2n) is 5.36. The Kier molecular flexibility index (Phi) is 5.04. The molecule has 2 N–H and O–H groups in total. The van der Waals surface area contributed by atoms with Gasteiger partial charge in [0.15, 0.2) is 0 Å². The molecule has 2 rings (SSSR count). The molecular weight excluding hydrogens is 257 g/mol. The van der Waals surface area contributed by atoms with Crippen LogP contribution >= 0.6 is 0 Å². The van der Waals surface area contributed by atoms with E-state index in [0.29, 0.717) is 24.7 Å². The predicted molar refractivity (Wildman–Crippen MR) is 78.1 cm³/mol. The minimum Gasteiger partial charge on any atom is -0.497 e. The maximum Gasteiger partial charge on any atom is 0.488 e. The van der Waals surface area contributed by atoms with Crippen molar-refractivity contribution >= 4 is 12.6 Å². The molecule has 0 bridgehead atoms. The van der Waals surface area contributed by atoms with Gasteiger partial charge in [-0.25, -0.2) is 0 Å². The number of methoxy groups -OCH3 is 1. The highest BCUT2D eigenvalue weighted by Gasteiger charge is 2.25. The normalized spacial score (nSPS) is 23.6. The first kappa shape index (κ1) is 15.3. The molecule has 20 heavy (non-hydrogen) atoms. The number of nitrogens with zero attached hydrogens (tertiary/aromatic N) is 1. The molecule has 6 heteroatoms. The highest BCUT2D eigenvalue weighted by Crippen LogP contribution is 2.18. The first-order valence-electron chi connectivity index (χ1n) is 6.90. The van der Waals surface area contributed by atoms with Gasteiger partial charge in [-0.2, -0.15) is 0 Å². The average molecular weight is 279 g/mol. The van der Waals surface area contributed by atoms with Crippen molar-refractivity contribution in [2.45, 2.75) is 32.5 Å². The summed E-state index contributed by atoms with van der Waals surface area (Å²) in [7, 11) is 0.137. The maximum absolute atomic E-state index is 9.49. The summed E-state index contributed by atoms with van der Waals surface area (Å²) in [4.78, 5) is 2.29. The van der Waals surface area contributed by atoms with Crippen LogP contribution in [0.5, 0.6) is 5.75 Å². The highest BCUT2D eigenvalue weighted by molar-refractivity contribution is 6.59. The molecule has 0 amide bonds. The lowest BCUT2D eigenvalue weighted by Gasteiger charge is -2.37. The van der Waals surface area contributed by atoms with E-state index in [2.05, 4.69) is 11.8 Å². The summed E-state index contributed by atoms with van der Waals surface area (Å²) in [5, 5.41) is 19.0. The lowest BCUT2D eigenvalue weighted by atomic mass is 9.76. The Labute approximate surface area is 120 Å². The molecule has 0 saturated carbocycles. The molecule has 0 aliphatic carbocycles. The van der Waals surface area contributed by atoms with Crippen molar-refractivity contribution < 1.29 is 19.5 Å². The van der Waals surface area contributed by atoms with Crippen molar-refractivity contribution in [3.8, 4) is 5.75 Å². The first-order valence-corrected chi connectivity index (χ1v) is 6.90. The first-order chi connectivity index (χ1) is 9.51. The van der Waals surface area contributed by atoms with Gasteiger partial charge in [-0.05, 0) is 37.0 Å². The van der Waals surface area contributed by atoms with Gasteiger partial charge in [0, 0.05) is 19.1 Å². The van der Waals surface area contributed by atoms with Gasteiger partial charge < -0.3 is 19.5 Å². The van der Waals surface area contributed by atoms with Crippen LogP contribution in [0.4, 0.5) is 0 Å². The summed E-state index contributed by atoms with van der Waals surface area (Å²) >= 11 is 0. The number of rotatable bonds is 4. The zero-order chi connectivity index (χ0) is 14.7. The van der Waals surface area contributed by atoms with Gasteiger partial charge in [0.25, 0.3) is 0 Å². The Morgan fingerprint density at radius 1 is 1.40 bits per heavy atom. The minimum absolute atomic E-state index is 0.194. The van der Waals surface area contributed by atoms with Crippen molar-refractivity contribution in [3.63, 3.8) is 0 Å². The number of benzene rings is 1. The quantitative estimate of drug-likeness (QED) is 0.759. The van der Waals surface area contributed by atoms with E-state index in [1.54, 1.807) is 19.2 Å². The largest absolute Gasteiger partial charge is 0.497 e. The molecule has 0 radical (unpaired) electrons. The van der Waals surface area contributed by atoms with Crippen LogP contribution in [0, 0.1) is 0 Å². The van der Waals surface area contributed by atoms with Crippen molar-refractivity contribution in [1.29, 1.82) is 0 Å². The average Bonchev–Trinajstić information content (AvgIpc) is 2.42. The fraction of sp³-hybridized carbons (Fsp3) is 0.571. The summed E-state index contributed by atoms with van der Waals surface area (Å²) in [6.45, 7) is 6.34. The Bertz CT molecular complexity index is 455. The molecule has 5 nitrogen and oxygen atoms in total. The monoisotopic (exact) mass is 279 g/mol. The fourth-order valence-electron chi connectivity index (χ4n) is 2.51. The van der Waals surface area contributed by atoms with Crippen molar-refractivity contribution in [1.82, 2.24) is 4.90 Å². The summed E-state index contributed by atoms with van der Waals surface area (Å²) in [5.74, 6) is 0.721. The lowest BCUT2D eigenvalue weighted by Crippen LogP contribution is -2.48. The summed E-state index contributed by atoms with van der Waals surface area (Å²) < 4.78 is 10.8. The molecule has 0 aromatic heterocycles.